The highest BCUT2D eigenvalue weighted by Crippen LogP contribution is 2.30. The summed E-state index contributed by atoms with van der Waals surface area (Å²) >= 11 is 0. The number of rotatable bonds is 5. The summed E-state index contributed by atoms with van der Waals surface area (Å²) in [6, 6.07) is 9.97. The summed E-state index contributed by atoms with van der Waals surface area (Å²) in [5.41, 5.74) is 2.47. The molecule has 1 aliphatic heterocycles. The second-order valence-corrected chi connectivity index (χ2v) is 6.85. The summed E-state index contributed by atoms with van der Waals surface area (Å²) in [7, 11) is 0. The average molecular weight is 365 g/mol. The molecule has 7 heteroatoms. The van der Waals surface area contributed by atoms with Crippen molar-refractivity contribution in [1.29, 1.82) is 0 Å². The highest BCUT2D eigenvalue weighted by Gasteiger charge is 2.28. The van der Waals surface area contributed by atoms with Gasteiger partial charge in [-0.3, -0.25) is 4.79 Å². The number of fused-ring (bicyclic) bond motifs is 1. The predicted molar refractivity (Wildman–Crippen MR) is 102 cm³/mol. The van der Waals surface area contributed by atoms with Gasteiger partial charge in [0.05, 0.1) is 11.6 Å². The van der Waals surface area contributed by atoms with Gasteiger partial charge in [-0.1, -0.05) is 42.4 Å². The van der Waals surface area contributed by atoms with Gasteiger partial charge >= 0.3 is 0 Å². The van der Waals surface area contributed by atoms with Gasteiger partial charge in [0.2, 0.25) is 5.91 Å². The third-order valence-corrected chi connectivity index (χ3v) is 5.06. The normalized spacial score (nSPS) is 17.2. The zero-order valence-corrected chi connectivity index (χ0v) is 15.4. The summed E-state index contributed by atoms with van der Waals surface area (Å²) in [6.07, 6.45) is 4.08. The maximum atomic E-state index is 12.7. The molecule has 1 aromatic carbocycles. The van der Waals surface area contributed by atoms with Gasteiger partial charge in [-0.05, 0) is 24.8 Å². The Bertz CT molecular complexity index is 925. The monoisotopic (exact) mass is 365 g/mol. The molecule has 7 nitrogen and oxygen atoms in total. The van der Waals surface area contributed by atoms with Gasteiger partial charge in [0, 0.05) is 19.6 Å². The molecule has 27 heavy (non-hydrogen) atoms. The molecule has 2 aromatic heterocycles. The minimum atomic E-state index is -0.0579. The molecule has 1 fully saturated rings. The molecule has 1 aliphatic rings. The molecule has 0 saturated carbocycles. The number of piperidine rings is 1. The number of nitrogens with zero attached hydrogens (tertiary/aromatic N) is 4. The Kier molecular flexibility index (Phi) is 5.00. The smallest absolute Gasteiger partial charge is 0.263 e. The summed E-state index contributed by atoms with van der Waals surface area (Å²) < 4.78 is 5.33. The van der Waals surface area contributed by atoms with E-state index in [1.165, 1.54) is 6.33 Å². The van der Waals surface area contributed by atoms with E-state index in [-0.39, 0.29) is 11.8 Å². The lowest BCUT2D eigenvalue weighted by Crippen LogP contribution is -2.43. The van der Waals surface area contributed by atoms with Crippen LogP contribution in [0.3, 0.4) is 0 Å². The zero-order valence-electron chi connectivity index (χ0n) is 15.4. The molecule has 140 valence electrons. The molecule has 1 unspecified atom stereocenters. The fourth-order valence-electron chi connectivity index (χ4n) is 3.62. The molecule has 0 aliphatic carbocycles. The molecule has 0 bridgehead atoms. The lowest BCUT2D eigenvalue weighted by atomic mass is 9.96. The minimum Gasteiger partial charge on any atom is -0.355 e. The molecule has 4 rings (SSSR count). The quantitative estimate of drug-likeness (QED) is 0.748. The molecular weight excluding hydrogens is 342 g/mol. The molecule has 1 atom stereocenters. The van der Waals surface area contributed by atoms with E-state index in [9.17, 15) is 4.79 Å². The molecule has 1 N–H and O–H groups in total. The first-order chi connectivity index (χ1) is 13.3. The number of hydrogen-bond donors (Lipinski definition) is 1. The SMILES string of the molecule is CCc1noc2ncnc(N3CCCC(C(=O)NCc4ccccc4)C3)c12. The summed E-state index contributed by atoms with van der Waals surface area (Å²) in [5.74, 6) is 0.853. The van der Waals surface area contributed by atoms with Gasteiger partial charge in [0.25, 0.3) is 5.71 Å². The number of aromatic nitrogens is 3. The van der Waals surface area contributed by atoms with E-state index < -0.39 is 0 Å². The van der Waals surface area contributed by atoms with Crippen LogP contribution < -0.4 is 10.2 Å². The first kappa shape index (κ1) is 17.5. The third-order valence-electron chi connectivity index (χ3n) is 5.06. The van der Waals surface area contributed by atoms with Crippen molar-refractivity contribution in [2.24, 2.45) is 5.92 Å². The van der Waals surface area contributed by atoms with Crippen LogP contribution in [-0.2, 0) is 17.8 Å². The van der Waals surface area contributed by atoms with Gasteiger partial charge in [-0.2, -0.15) is 4.98 Å². The van der Waals surface area contributed by atoms with Crippen molar-refractivity contribution < 1.29 is 9.32 Å². The van der Waals surface area contributed by atoms with Crippen molar-refractivity contribution in [2.75, 3.05) is 18.0 Å². The largest absolute Gasteiger partial charge is 0.355 e. The standard InChI is InChI=1S/C20H23N5O2/c1-2-16-17-18(22-13-23-20(17)27-24-16)25-10-6-9-15(12-25)19(26)21-11-14-7-4-3-5-8-14/h3-5,7-8,13,15H,2,6,9-12H2,1H3,(H,21,26). The number of nitrogens with one attached hydrogen (secondary N) is 1. The second kappa shape index (κ2) is 7.73. The molecule has 3 aromatic rings. The van der Waals surface area contributed by atoms with E-state index in [2.05, 4.69) is 25.3 Å². The summed E-state index contributed by atoms with van der Waals surface area (Å²) in [6.45, 7) is 4.09. The number of anilines is 1. The molecule has 1 saturated heterocycles. The van der Waals surface area contributed by atoms with Crippen LogP contribution in [0.25, 0.3) is 11.1 Å². The van der Waals surface area contributed by atoms with E-state index in [0.29, 0.717) is 18.8 Å². The van der Waals surface area contributed by atoms with E-state index in [1.807, 2.05) is 37.3 Å². The average Bonchev–Trinajstić information content (AvgIpc) is 3.16. The van der Waals surface area contributed by atoms with Crippen molar-refractivity contribution >= 4 is 22.8 Å². The van der Waals surface area contributed by atoms with Gasteiger partial charge in [-0.15, -0.1) is 0 Å². The third kappa shape index (κ3) is 3.63. The zero-order chi connectivity index (χ0) is 18.6. The molecule has 3 heterocycles. The van der Waals surface area contributed by atoms with Gasteiger partial charge in [-0.25, -0.2) is 4.98 Å². The number of hydrogen-bond acceptors (Lipinski definition) is 6. The maximum absolute atomic E-state index is 12.7. The lowest BCUT2D eigenvalue weighted by molar-refractivity contribution is -0.125. The van der Waals surface area contributed by atoms with Gasteiger partial charge in [0.1, 0.15) is 17.5 Å². The van der Waals surface area contributed by atoms with Crippen molar-refractivity contribution in [1.82, 2.24) is 20.4 Å². The highest BCUT2D eigenvalue weighted by molar-refractivity contribution is 5.88. The topological polar surface area (TPSA) is 84.2 Å². The highest BCUT2D eigenvalue weighted by atomic mass is 16.5. The van der Waals surface area contributed by atoms with Gasteiger partial charge < -0.3 is 14.7 Å². The first-order valence-electron chi connectivity index (χ1n) is 9.42. The molecular formula is C20H23N5O2. The minimum absolute atomic E-state index is 0.0579. The Morgan fingerprint density at radius 1 is 1.30 bits per heavy atom. The lowest BCUT2D eigenvalue weighted by Gasteiger charge is -2.33. The van der Waals surface area contributed by atoms with E-state index in [1.54, 1.807) is 0 Å². The van der Waals surface area contributed by atoms with Crippen LogP contribution in [0.15, 0.2) is 41.2 Å². The summed E-state index contributed by atoms with van der Waals surface area (Å²) in [4.78, 5) is 23.5. The molecule has 0 spiro atoms. The van der Waals surface area contributed by atoms with Crippen LogP contribution in [-0.4, -0.2) is 34.1 Å². The summed E-state index contributed by atoms with van der Waals surface area (Å²) in [5, 5.41) is 8.04. The second-order valence-electron chi connectivity index (χ2n) is 6.85. The fraction of sp³-hybridized carbons (Fsp3) is 0.400. The van der Waals surface area contributed by atoms with Crippen molar-refractivity contribution in [3.05, 3.63) is 47.9 Å². The Morgan fingerprint density at radius 3 is 2.96 bits per heavy atom. The van der Waals surface area contributed by atoms with Crippen molar-refractivity contribution in [3.8, 4) is 0 Å². The van der Waals surface area contributed by atoms with Crippen LogP contribution in [0.1, 0.15) is 31.0 Å². The number of carbonyl (C=O) groups excluding carboxylic acids is 1. The Balaban J connectivity index is 1.48. The first-order valence-corrected chi connectivity index (χ1v) is 9.42. The van der Waals surface area contributed by atoms with Crippen LogP contribution in [0.5, 0.6) is 0 Å². The Hall–Kier alpha value is -2.96. The van der Waals surface area contributed by atoms with Crippen molar-refractivity contribution in [3.63, 3.8) is 0 Å². The van der Waals surface area contributed by atoms with Crippen LogP contribution in [0.2, 0.25) is 0 Å². The number of carbonyl (C=O) groups is 1. The van der Waals surface area contributed by atoms with E-state index in [0.717, 1.165) is 48.3 Å². The number of benzene rings is 1. The van der Waals surface area contributed by atoms with E-state index >= 15 is 0 Å². The molecule has 0 radical (unpaired) electrons. The molecule has 1 amide bonds. The number of amides is 1. The number of aryl methyl sites for hydroxylation is 1. The van der Waals surface area contributed by atoms with Crippen molar-refractivity contribution in [2.45, 2.75) is 32.7 Å². The Labute approximate surface area is 157 Å². The maximum Gasteiger partial charge on any atom is 0.263 e. The van der Waals surface area contributed by atoms with Crippen LogP contribution in [0.4, 0.5) is 5.82 Å². The fourth-order valence-corrected chi connectivity index (χ4v) is 3.62. The van der Waals surface area contributed by atoms with Gasteiger partial charge in [0.15, 0.2) is 0 Å². The van der Waals surface area contributed by atoms with Crippen LogP contribution >= 0.6 is 0 Å². The Morgan fingerprint density at radius 2 is 2.15 bits per heavy atom. The van der Waals surface area contributed by atoms with E-state index in [4.69, 9.17) is 4.52 Å². The van der Waals surface area contributed by atoms with Crippen LogP contribution in [0, 0.1) is 5.92 Å². The predicted octanol–water partition coefficient (Wildman–Crippen LogP) is 2.71.